The Morgan fingerprint density at radius 1 is 1.20 bits per heavy atom. The number of carbonyl (C=O) groups is 1. The number of methoxy groups -OCH3 is 1. The van der Waals surface area contributed by atoms with Crippen LogP contribution in [-0.2, 0) is 0 Å². The van der Waals surface area contributed by atoms with Crippen LogP contribution in [0.1, 0.15) is 10.4 Å². The maximum absolute atomic E-state index is 12.3. The van der Waals surface area contributed by atoms with E-state index in [4.69, 9.17) is 10.6 Å². The molecule has 0 saturated carbocycles. The monoisotopic (exact) mass is 335 g/mol. The van der Waals surface area contributed by atoms with Gasteiger partial charge in [-0.2, -0.15) is 0 Å². The molecule has 5 nitrogen and oxygen atoms in total. The SMILES string of the molecule is COc1ccc(Br)c(NC(=O)c2ccccc2NN)c1. The van der Waals surface area contributed by atoms with Crippen molar-refractivity contribution in [1.29, 1.82) is 0 Å². The second kappa shape index (κ2) is 6.40. The molecule has 0 unspecified atom stereocenters. The smallest absolute Gasteiger partial charge is 0.257 e. The minimum absolute atomic E-state index is 0.257. The van der Waals surface area contributed by atoms with Crippen LogP contribution in [0.25, 0.3) is 0 Å². The summed E-state index contributed by atoms with van der Waals surface area (Å²) in [4.78, 5) is 12.3. The molecular weight excluding hydrogens is 322 g/mol. The van der Waals surface area contributed by atoms with Crippen LogP contribution < -0.4 is 21.3 Å². The van der Waals surface area contributed by atoms with E-state index in [-0.39, 0.29) is 5.91 Å². The summed E-state index contributed by atoms with van der Waals surface area (Å²) in [5.41, 5.74) is 4.15. The highest BCUT2D eigenvalue weighted by molar-refractivity contribution is 9.10. The lowest BCUT2D eigenvalue weighted by molar-refractivity contribution is 0.102. The third-order valence-electron chi connectivity index (χ3n) is 2.75. The Bertz CT molecular complexity index is 632. The van der Waals surface area contributed by atoms with Gasteiger partial charge in [0.1, 0.15) is 5.75 Å². The van der Waals surface area contributed by atoms with Crippen molar-refractivity contribution in [3.05, 3.63) is 52.5 Å². The van der Waals surface area contributed by atoms with E-state index in [0.717, 1.165) is 4.47 Å². The zero-order chi connectivity index (χ0) is 14.5. The van der Waals surface area contributed by atoms with Gasteiger partial charge in [0.2, 0.25) is 0 Å². The van der Waals surface area contributed by atoms with Crippen molar-refractivity contribution < 1.29 is 9.53 Å². The number of nitrogens with one attached hydrogen (secondary N) is 2. The number of nitrogens with two attached hydrogens (primary N) is 1. The fraction of sp³-hybridized carbons (Fsp3) is 0.0714. The van der Waals surface area contributed by atoms with Crippen LogP contribution in [0.4, 0.5) is 11.4 Å². The number of benzene rings is 2. The Morgan fingerprint density at radius 2 is 1.95 bits per heavy atom. The second-order valence-corrected chi connectivity index (χ2v) is 4.84. The van der Waals surface area contributed by atoms with Gasteiger partial charge in [-0.15, -0.1) is 0 Å². The molecule has 0 spiro atoms. The number of amides is 1. The molecule has 0 aliphatic heterocycles. The topological polar surface area (TPSA) is 76.4 Å². The zero-order valence-corrected chi connectivity index (χ0v) is 12.4. The van der Waals surface area contributed by atoms with Crippen LogP contribution in [-0.4, -0.2) is 13.0 Å². The molecule has 0 aromatic heterocycles. The molecule has 104 valence electrons. The van der Waals surface area contributed by atoms with Gasteiger partial charge >= 0.3 is 0 Å². The fourth-order valence-electron chi connectivity index (χ4n) is 1.72. The molecule has 0 fully saturated rings. The Labute approximate surface area is 125 Å². The van der Waals surface area contributed by atoms with Gasteiger partial charge in [0.05, 0.1) is 24.0 Å². The molecule has 0 bridgehead atoms. The minimum atomic E-state index is -0.257. The third-order valence-corrected chi connectivity index (χ3v) is 3.44. The molecule has 0 radical (unpaired) electrons. The van der Waals surface area contributed by atoms with Gasteiger partial charge < -0.3 is 15.5 Å². The highest BCUT2D eigenvalue weighted by atomic mass is 79.9. The van der Waals surface area contributed by atoms with Gasteiger partial charge in [0.15, 0.2) is 0 Å². The molecule has 20 heavy (non-hydrogen) atoms. The van der Waals surface area contributed by atoms with Crippen molar-refractivity contribution in [2.75, 3.05) is 17.9 Å². The number of hydrogen-bond donors (Lipinski definition) is 3. The highest BCUT2D eigenvalue weighted by Crippen LogP contribution is 2.28. The van der Waals surface area contributed by atoms with Gasteiger partial charge in [0, 0.05) is 10.5 Å². The molecular formula is C14H14BrN3O2. The molecule has 0 aliphatic rings. The quantitative estimate of drug-likeness (QED) is 0.593. The number of hydrogen-bond acceptors (Lipinski definition) is 4. The van der Waals surface area contributed by atoms with Crippen molar-refractivity contribution in [2.24, 2.45) is 5.84 Å². The summed E-state index contributed by atoms with van der Waals surface area (Å²) in [6, 6.07) is 12.3. The van der Waals surface area contributed by atoms with E-state index in [0.29, 0.717) is 22.7 Å². The van der Waals surface area contributed by atoms with E-state index in [1.807, 2.05) is 6.07 Å². The predicted octanol–water partition coefficient (Wildman–Crippen LogP) is 3.00. The van der Waals surface area contributed by atoms with Crippen LogP contribution in [0, 0.1) is 0 Å². The number of para-hydroxylation sites is 1. The second-order valence-electron chi connectivity index (χ2n) is 3.99. The van der Waals surface area contributed by atoms with Crippen LogP contribution in [0.2, 0.25) is 0 Å². The zero-order valence-electron chi connectivity index (χ0n) is 10.8. The third kappa shape index (κ3) is 3.09. The van der Waals surface area contributed by atoms with Crippen LogP contribution in [0.3, 0.4) is 0 Å². The molecule has 0 aliphatic carbocycles. The van der Waals surface area contributed by atoms with Crippen molar-refractivity contribution in [3.63, 3.8) is 0 Å². The largest absolute Gasteiger partial charge is 0.497 e. The number of carbonyl (C=O) groups excluding carboxylic acids is 1. The summed E-state index contributed by atoms with van der Waals surface area (Å²) >= 11 is 3.39. The summed E-state index contributed by atoms with van der Waals surface area (Å²) in [6.45, 7) is 0. The van der Waals surface area contributed by atoms with Gasteiger partial charge in [-0.1, -0.05) is 12.1 Å². The van der Waals surface area contributed by atoms with Crippen LogP contribution in [0.5, 0.6) is 5.75 Å². The van der Waals surface area contributed by atoms with Crippen LogP contribution in [0.15, 0.2) is 46.9 Å². The molecule has 4 N–H and O–H groups in total. The first-order chi connectivity index (χ1) is 9.65. The molecule has 1 amide bonds. The van der Waals surface area contributed by atoms with Crippen molar-refractivity contribution in [2.45, 2.75) is 0 Å². The lowest BCUT2D eigenvalue weighted by Gasteiger charge is -2.11. The molecule has 6 heteroatoms. The first-order valence-electron chi connectivity index (χ1n) is 5.86. The molecule has 2 aromatic rings. The van der Waals surface area contributed by atoms with Gasteiger partial charge in [0.25, 0.3) is 5.91 Å². The molecule has 2 rings (SSSR count). The Morgan fingerprint density at radius 3 is 2.65 bits per heavy atom. The number of hydrazine groups is 1. The fourth-order valence-corrected chi connectivity index (χ4v) is 2.07. The number of anilines is 2. The Kier molecular flexibility index (Phi) is 4.60. The van der Waals surface area contributed by atoms with E-state index in [9.17, 15) is 4.79 Å². The van der Waals surface area contributed by atoms with E-state index >= 15 is 0 Å². The first kappa shape index (κ1) is 14.4. The van der Waals surface area contributed by atoms with Gasteiger partial charge in [-0.25, -0.2) is 0 Å². The van der Waals surface area contributed by atoms with Crippen molar-refractivity contribution in [3.8, 4) is 5.75 Å². The minimum Gasteiger partial charge on any atom is -0.497 e. The van der Waals surface area contributed by atoms with E-state index in [1.165, 1.54) is 0 Å². The summed E-state index contributed by atoms with van der Waals surface area (Å²) in [7, 11) is 1.57. The number of nitrogen functional groups attached to an aromatic ring is 1. The van der Waals surface area contributed by atoms with E-state index in [1.54, 1.807) is 43.5 Å². The maximum atomic E-state index is 12.3. The van der Waals surface area contributed by atoms with E-state index < -0.39 is 0 Å². The highest BCUT2D eigenvalue weighted by Gasteiger charge is 2.12. The van der Waals surface area contributed by atoms with Gasteiger partial charge in [-0.05, 0) is 40.2 Å². The number of halogens is 1. The van der Waals surface area contributed by atoms with Crippen molar-refractivity contribution >= 4 is 33.2 Å². The van der Waals surface area contributed by atoms with Crippen LogP contribution >= 0.6 is 15.9 Å². The Hall–Kier alpha value is -2.05. The lowest BCUT2D eigenvalue weighted by atomic mass is 10.1. The Balaban J connectivity index is 2.27. The molecule has 0 atom stereocenters. The predicted molar refractivity (Wildman–Crippen MR) is 82.9 cm³/mol. The summed E-state index contributed by atoms with van der Waals surface area (Å²) in [5.74, 6) is 5.80. The molecule has 0 saturated heterocycles. The lowest BCUT2D eigenvalue weighted by Crippen LogP contribution is -2.17. The average molecular weight is 336 g/mol. The first-order valence-corrected chi connectivity index (χ1v) is 6.65. The summed E-state index contributed by atoms with van der Waals surface area (Å²) in [5, 5.41) is 2.81. The maximum Gasteiger partial charge on any atom is 0.257 e. The average Bonchev–Trinajstić information content (AvgIpc) is 2.49. The number of rotatable bonds is 4. The van der Waals surface area contributed by atoms with Crippen molar-refractivity contribution in [1.82, 2.24) is 0 Å². The van der Waals surface area contributed by atoms with Gasteiger partial charge in [-0.3, -0.25) is 10.6 Å². The standard InChI is InChI=1S/C14H14BrN3O2/c1-20-9-6-7-11(15)13(8-9)17-14(19)10-4-2-3-5-12(10)18-16/h2-8,18H,16H2,1H3,(H,17,19). The van der Waals surface area contributed by atoms with E-state index in [2.05, 4.69) is 26.7 Å². The normalized spacial score (nSPS) is 9.95. The molecule has 2 aromatic carbocycles. The molecule has 0 heterocycles. The summed E-state index contributed by atoms with van der Waals surface area (Å²) < 4.78 is 5.91. The number of ether oxygens (including phenoxy) is 1. The summed E-state index contributed by atoms with van der Waals surface area (Å²) in [6.07, 6.45) is 0.